The molecule has 2 aliphatic rings. The lowest BCUT2D eigenvalue weighted by molar-refractivity contribution is -0.184. The van der Waals surface area contributed by atoms with Gasteiger partial charge in [-0.3, -0.25) is 4.90 Å². The van der Waals surface area contributed by atoms with Gasteiger partial charge in [-0.05, 0) is 55.7 Å². The highest BCUT2D eigenvalue weighted by atomic mass is 32.2. The smallest absolute Gasteiger partial charge is 0.369 e. The second kappa shape index (κ2) is 9.60. The van der Waals surface area contributed by atoms with Crippen LogP contribution in [0.3, 0.4) is 0 Å². The van der Waals surface area contributed by atoms with E-state index in [0.717, 1.165) is 25.0 Å². The van der Waals surface area contributed by atoms with E-state index in [9.17, 15) is 26.9 Å². The van der Waals surface area contributed by atoms with Crippen molar-refractivity contribution in [2.75, 3.05) is 37.3 Å². The van der Waals surface area contributed by atoms with Crippen molar-refractivity contribution < 1.29 is 21.6 Å². The molecule has 2 fully saturated rings. The molecule has 1 aromatic carbocycles. The van der Waals surface area contributed by atoms with Crippen LogP contribution in [0.4, 0.5) is 18.9 Å². The van der Waals surface area contributed by atoms with E-state index in [0.29, 0.717) is 31.8 Å². The number of hydrogen-bond acceptors (Lipinski definition) is 5. The molecule has 9 heteroatoms. The number of halogens is 3. The molecular weight excluding hydrogens is 439 g/mol. The Bertz CT molecular complexity index is 948. The predicted molar refractivity (Wildman–Crippen MR) is 118 cm³/mol. The van der Waals surface area contributed by atoms with Crippen LogP contribution in [-0.2, 0) is 9.84 Å². The maximum absolute atomic E-state index is 13.0. The number of nitriles is 1. The molecule has 0 N–H and O–H groups in total. The second-order valence-electron chi connectivity index (χ2n) is 9.58. The lowest BCUT2D eigenvalue weighted by atomic mass is 9.81. The highest BCUT2D eigenvalue weighted by molar-refractivity contribution is 7.90. The van der Waals surface area contributed by atoms with Crippen LogP contribution in [-0.4, -0.2) is 58.0 Å². The van der Waals surface area contributed by atoms with Crippen molar-refractivity contribution in [2.45, 2.75) is 56.6 Å². The van der Waals surface area contributed by atoms with Crippen LogP contribution in [0.25, 0.3) is 0 Å². The molecule has 178 valence electrons. The van der Waals surface area contributed by atoms with Crippen molar-refractivity contribution in [3.05, 3.63) is 23.8 Å². The van der Waals surface area contributed by atoms with Gasteiger partial charge in [-0.15, -0.1) is 0 Å². The largest absolute Gasteiger partial charge is 0.391 e. The fraction of sp³-hybridized carbons (Fsp3) is 0.696. The van der Waals surface area contributed by atoms with Gasteiger partial charge >= 0.3 is 6.18 Å². The zero-order chi connectivity index (χ0) is 23.7. The van der Waals surface area contributed by atoms with Gasteiger partial charge in [0.05, 0.1) is 16.4 Å². The Kier molecular flexibility index (Phi) is 7.45. The summed E-state index contributed by atoms with van der Waals surface area (Å²) in [6.07, 6.45) is -1.30. The van der Waals surface area contributed by atoms with Gasteiger partial charge in [0.15, 0.2) is 9.84 Å². The summed E-state index contributed by atoms with van der Waals surface area (Å²) >= 11 is 0. The van der Waals surface area contributed by atoms with E-state index in [1.165, 1.54) is 0 Å². The minimum atomic E-state index is -4.08. The van der Waals surface area contributed by atoms with E-state index in [2.05, 4.69) is 23.6 Å². The molecule has 5 nitrogen and oxygen atoms in total. The van der Waals surface area contributed by atoms with E-state index in [4.69, 9.17) is 0 Å². The topological polar surface area (TPSA) is 64.4 Å². The molecule has 0 aromatic heterocycles. The van der Waals surface area contributed by atoms with Gasteiger partial charge in [-0.1, -0.05) is 13.8 Å². The molecule has 0 unspecified atom stereocenters. The minimum Gasteiger partial charge on any atom is -0.369 e. The van der Waals surface area contributed by atoms with Crippen LogP contribution in [0.1, 0.15) is 45.1 Å². The van der Waals surface area contributed by atoms with Crippen molar-refractivity contribution >= 4 is 15.5 Å². The summed E-state index contributed by atoms with van der Waals surface area (Å²) < 4.78 is 63.2. The number of rotatable bonds is 5. The summed E-state index contributed by atoms with van der Waals surface area (Å²) in [5.74, 6) is -0.526. The Morgan fingerprint density at radius 3 is 2.34 bits per heavy atom. The van der Waals surface area contributed by atoms with Gasteiger partial charge in [0.25, 0.3) is 0 Å². The zero-order valence-electron chi connectivity index (χ0n) is 18.9. The van der Waals surface area contributed by atoms with Crippen LogP contribution in [0.2, 0.25) is 0 Å². The fourth-order valence-corrected chi connectivity index (χ4v) is 5.90. The molecule has 0 amide bonds. The number of hydrogen-bond donors (Lipinski definition) is 0. The Balaban J connectivity index is 1.69. The number of nitrogens with zero attached hydrogens (tertiary/aromatic N) is 3. The lowest BCUT2D eigenvalue weighted by Crippen LogP contribution is -2.56. The maximum atomic E-state index is 13.0. The summed E-state index contributed by atoms with van der Waals surface area (Å²) in [5.41, 5.74) is 0.921. The van der Waals surface area contributed by atoms with E-state index in [1.54, 1.807) is 18.2 Å². The van der Waals surface area contributed by atoms with Crippen LogP contribution in [0.5, 0.6) is 0 Å². The van der Waals surface area contributed by atoms with Gasteiger partial charge < -0.3 is 4.90 Å². The molecule has 1 heterocycles. The summed E-state index contributed by atoms with van der Waals surface area (Å²) in [4.78, 5) is 4.60. The van der Waals surface area contributed by atoms with Gasteiger partial charge in [-0.2, -0.15) is 18.4 Å². The summed E-state index contributed by atoms with van der Waals surface area (Å²) in [6.45, 7) is 7.28. The molecule has 1 aliphatic carbocycles. The minimum absolute atomic E-state index is 0.0439. The van der Waals surface area contributed by atoms with Crippen LogP contribution >= 0.6 is 0 Å². The van der Waals surface area contributed by atoms with Crippen molar-refractivity contribution in [1.82, 2.24) is 4.90 Å². The first-order valence-electron chi connectivity index (χ1n) is 11.2. The number of piperazine rings is 1. The molecule has 1 saturated heterocycles. The van der Waals surface area contributed by atoms with E-state index < -0.39 is 21.9 Å². The molecule has 1 saturated carbocycles. The standard InChI is InChI=1S/C23H32F3N3O2S/c1-16(2)21-15-28(20-9-6-18(13-27)22(12-20)32(3,30)31)10-11-29(21)14-17-4-7-19(8-5-17)23(24,25)26/h6,9,12,16-17,19,21H,4-5,7-8,10-11,14-15H2,1-3H3/t17?,19?,21-/m1/s1. The van der Waals surface area contributed by atoms with Gasteiger partial charge in [-0.25, -0.2) is 8.42 Å². The molecule has 0 bridgehead atoms. The first-order chi connectivity index (χ1) is 14.9. The van der Waals surface area contributed by atoms with Crippen molar-refractivity contribution in [1.29, 1.82) is 5.26 Å². The van der Waals surface area contributed by atoms with E-state index in [-0.39, 0.29) is 35.3 Å². The summed E-state index contributed by atoms with van der Waals surface area (Å²) in [7, 11) is -3.52. The molecule has 3 rings (SSSR count). The van der Waals surface area contributed by atoms with E-state index >= 15 is 0 Å². The number of sulfone groups is 1. The molecular formula is C23H32F3N3O2S. The average molecular weight is 472 g/mol. The number of anilines is 1. The van der Waals surface area contributed by atoms with Crippen LogP contribution < -0.4 is 4.90 Å². The van der Waals surface area contributed by atoms with Gasteiger partial charge in [0.1, 0.15) is 6.07 Å². The third kappa shape index (κ3) is 5.76. The maximum Gasteiger partial charge on any atom is 0.391 e. The first kappa shape index (κ1) is 24.8. The predicted octanol–water partition coefficient (Wildman–Crippen LogP) is 4.48. The summed E-state index contributed by atoms with van der Waals surface area (Å²) in [5, 5.41) is 9.25. The normalized spacial score (nSPS) is 25.7. The highest BCUT2D eigenvalue weighted by Gasteiger charge is 2.42. The van der Waals surface area contributed by atoms with Crippen LogP contribution in [0, 0.1) is 29.1 Å². The Hall–Kier alpha value is -1.79. The van der Waals surface area contributed by atoms with Gasteiger partial charge in [0, 0.05) is 44.2 Å². The molecule has 1 atom stereocenters. The SMILES string of the molecule is CC(C)[C@H]1CN(c2ccc(C#N)c(S(C)(=O)=O)c2)CCN1CC1CCC(C(F)(F)F)CC1. The Morgan fingerprint density at radius 2 is 1.81 bits per heavy atom. The van der Waals surface area contributed by atoms with Crippen molar-refractivity contribution in [2.24, 2.45) is 17.8 Å². The highest BCUT2D eigenvalue weighted by Crippen LogP contribution is 2.40. The third-order valence-corrected chi connectivity index (χ3v) is 8.09. The van der Waals surface area contributed by atoms with E-state index in [1.807, 2.05) is 6.07 Å². The first-order valence-corrected chi connectivity index (χ1v) is 13.1. The number of benzene rings is 1. The van der Waals surface area contributed by atoms with Gasteiger partial charge in [0.2, 0.25) is 0 Å². The molecule has 32 heavy (non-hydrogen) atoms. The zero-order valence-corrected chi connectivity index (χ0v) is 19.7. The summed E-state index contributed by atoms with van der Waals surface area (Å²) in [6, 6.07) is 7.10. The third-order valence-electron chi connectivity index (χ3n) is 6.96. The molecule has 0 spiro atoms. The number of alkyl halides is 3. The average Bonchev–Trinajstić information content (AvgIpc) is 2.72. The Morgan fingerprint density at radius 1 is 1.16 bits per heavy atom. The van der Waals surface area contributed by atoms with Crippen molar-refractivity contribution in [3.63, 3.8) is 0 Å². The Labute approximate surface area is 189 Å². The fourth-order valence-electron chi connectivity index (χ4n) is 5.05. The van der Waals surface area contributed by atoms with Crippen molar-refractivity contribution in [3.8, 4) is 6.07 Å². The monoisotopic (exact) mass is 471 g/mol. The molecule has 1 aromatic rings. The second-order valence-corrected chi connectivity index (χ2v) is 11.6. The quantitative estimate of drug-likeness (QED) is 0.634. The molecule has 0 radical (unpaired) electrons. The van der Waals surface area contributed by atoms with Crippen LogP contribution in [0.15, 0.2) is 23.1 Å². The lowest BCUT2D eigenvalue weighted by Gasteiger charge is -2.46. The molecule has 1 aliphatic heterocycles.